The lowest BCUT2D eigenvalue weighted by molar-refractivity contribution is 0.278. The molecule has 1 N–H and O–H groups in total. The summed E-state index contributed by atoms with van der Waals surface area (Å²) < 4.78 is 0.926. The molecule has 0 fully saturated rings. The number of hydrogen-bond donors (Lipinski definition) is 1. The van der Waals surface area contributed by atoms with Crippen molar-refractivity contribution in [3.8, 4) is 0 Å². The summed E-state index contributed by atoms with van der Waals surface area (Å²) in [6, 6.07) is 7.45. The van der Waals surface area contributed by atoms with E-state index >= 15 is 0 Å². The number of aliphatic hydroxyl groups excluding tert-OH is 1. The first-order valence-electron chi connectivity index (χ1n) is 4.64. The van der Waals surface area contributed by atoms with Crippen LogP contribution < -0.4 is 0 Å². The van der Waals surface area contributed by atoms with E-state index in [-0.39, 0.29) is 6.61 Å². The SMILES string of the molecule is OCc1cccnc1Sc1ncccc1Br. The van der Waals surface area contributed by atoms with E-state index in [2.05, 4.69) is 25.9 Å². The predicted molar refractivity (Wildman–Crippen MR) is 66.2 cm³/mol. The fourth-order valence-corrected chi connectivity index (χ4v) is 2.51. The fourth-order valence-electron chi connectivity index (χ4n) is 1.17. The van der Waals surface area contributed by atoms with E-state index in [1.54, 1.807) is 12.4 Å². The van der Waals surface area contributed by atoms with E-state index in [4.69, 9.17) is 0 Å². The molecular weight excluding hydrogens is 288 g/mol. The largest absolute Gasteiger partial charge is 0.392 e. The number of aromatic nitrogens is 2. The van der Waals surface area contributed by atoms with Gasteiger partial charge in [0.25, 0.3) is 0 Å². The first-order chi connectivity index (χ1) is 7.81. The van der Waals surface area contributed by atoms with Crippen LogP contribution in [0.2, 0.25) is 0 Å². The molecule has 2 aromatic heterocycles. The number of aliphatic hydroxyl groups is 1. The molecule has 0 unspecified atom stereocenters. The highest BCUT2D eigenvalue weighted by Crippen LogP contribution is 2.31. The molecule has 0 aromatic carbocycles. The third kappa shape index (κ3) is 2.61. The molecular formula is C11H9BrN2OS. The molecule has 0 saturated carbocycles. The van der Waals surface area contributed by atoms with E-state index in [0.717, 1.165) is 20.1 Å². The van der Waals surface area contributed by atoms with Crippen LogP contribution in [0, 0.1) is 0 Å². The summed E-state index contributed by atoms with van der Waals surface area (Å²) in [5.74, 6) is 0. The smallest absolute Gasteiger partial charge is 0.116 e. The average Bonchev–Trinajstić information content (AvgIpc) is 2.33. The Morgan fingerprint density at radius 2 is 1.81 bits per heavy atom. The Bertz CT molecular complexity index is 493. The number of rotatable bonds is 3. The monoisotopic (exact) mass is 296 g/mol. The van der Waals surface area contributed by atoms with E-state index in [1.165, 1.54) is 11.8 Å². The molecule has 0 radical (unpaired) electrons. The van der Waals surface area contributed by atoms with Crippen LogP contribution in [0.1, 0.15) is 5.56 Å². The van der Waals surface area contributed by atoms with Gasteiger partial charge in [-0.15, -0.1) is 0 Å². The normalized spacial score (nSPS) is 10.4. The van der Waals surface area contributed by atoms with Crippen LogP contribution in [0.5, 0.6) is 0 Å². The van der Waals surface area contributed by atoms with Gasteiger partial charge >= 0.3 is 0 Å². The molecule has 0 amide bonds. The Kier molecular flexibility index (Phi) is 3.93. The average molecular weight is 297 g/mol. The zero-order valence-corrected chi connectivity index (χ0v) is 10.7. The molecule has 0 aliphatic carbocycles. The third-order valence-corrected chi connectivity index (χ3v) is 3.92. The van der Waals surface area contributed by atoms with E-state index in [1.807, 2.05) is 24.3 Å². The molecule has 0 atom stereocenters. The van der Waals surface area contributed by atoms with Gasteiger partial charge in [-0.25, -0.2) is 9.97 Å². The Hall–Kier alpha value is -0.910. The lowest BCUT2D eigenvalue weighted by Crippen LogP contribution is -1.91. The van der Waals surface area contributed by atoms with Gasteiger partial charge in [-0.1, -0.05) is 6.07 Å². The van der Waals surface area contributed by atoms with Crippen LogP contribution in [0.15, 0.2) is 51.2 Å². The highest BCUT2D eigenvalue weighted by molar-refractivity contribution is 9.10. The van der Waals surface area contributed by atoms with Crippen LogP contribution in [-0.2, 0) is 6.61 Å². The molecule has 82 valence electrons. The van der Waals surface area contributed by atoms with Crippen molar-refractivity contribution in [2.24, 2.45) is 0 Å². The van der Waals surface area contributed by atoms with Crippen molar-refractivity contribution in [1.29, 1.82) is 0 Å². The van der Waals surface area contributed by atoms with Gasteiger partial charge in [0.2, 0.25) is 0 Å². The molecule has 2 heterocycles. The molecule has 0 saturated heterocycles. The van der Waals surface area contributed by atoms with Gasteiger partial charge in [0, 0.05) is 18.0 Å². The first kappa shape index (κ1) is 11.6. The second-order valence-corrected chi connectivity index (χ2v) is 4.85. The minimum Gasteiger partial charge on any atom is -0.392 e. The zero-order chi connectivity index (χ0) is 11.4. The van der Waals surface area contributed by atoms with Crippen LogP contribution in [0.4, 0.5) is 0 Å². The van der Waals surface area contributed by atoms with Crippen molar-refractivity contribution in [3.05, 3.63) is 46.7 Å². The van der Waals surface area contributed by atoms with Crippen LogP contribution in [-0.4, -0.2) is 15.1 Å². The van der Waals surface area contributed by atoms with Crippen LogP contribution in [0.25, 0.3) is 0 Å². The number of nitrogens with zero attached hydrogens (tertiary/aromatic N) is 2. The Morgan fingerprint density at radius 1 is 1.12 bits per heavy atom. The van der Waals surface area contributed by atoms with Crippen molar-refractivity contribution >= 4 is 27.7 Å². The molecule has 2 aromatic rings. The summed E-state index contributed by atoms with van der Waals surface area (Å²) in [4.78, 5) is 8.47. The second kappa shape index (κ2) is 5.43. The molecule has 2 rings (SSSR count). The quantitative estimate of drug-likeness (QED) is 0.946. The van der Waals surface area contributed by atoms with Gasteiger partial charge in [-0.3, -0.25) is 0 Å². The summed E-state index contributed by atoms with van der Waals surface area (Å²) >= 11 is 4.86. The summed E-state index contributed by atoms with van der Waals surface area (Å²) in [5.41, 5.74) is 0.810. The van der Waals surface area contributed by atoms with Crippen molar-refractivity contribution < 1.29 is 5.11 Å². The molecule has 0 spiro atoms. The van der Waals surface area contributed by atoms with Gasteiger partial charge in [-0.2, -0.15) is 0 Å². The highest BCUT2D eigenvalue weighted by Gasteiger charge is 2.07. The number of halogens is 1. The summed E-state index contributed by atoms with van der Waals surface area (Å²) in [7, 11) is 0. The zero-order valence-electron chi connectivity index (χ0n) is 8.30. The first-order valence-corrected chi connectivity index (χ1v) is 6.25. The Balaban J connectivity index is 2.30. The molecule has 0 aliphatic rings. The van der Waals surface area contributed by atoms with Gasteiger partial charge in [0.15, 0.2) is 0 Å². The van der Waals surface area contributed by atoms with Gasteiger partial charge < -0.3 is 5.11 Å². The molecule has 0 bridgehead atoms. The van der Waals surface area contributed by atoms with Gasteiger partial charge in [0.1, 0.15) is 10.1 Å². The standard InChI is InChI=1S/C11H9BrN2OS/c12-9-4-2-6-14-11(9)16-10-8(7-15)3-1-5-13-10/h1-6,15H,7H2. The van der Waals surface area contributed by atoms with E-state index in [9.17, 15) is 5.11 Å². The number of pyridine rings is 2. The number of hydrogen-bond acceptors (Lipinski definition) is 4. The topological polar surface area (TPSA) is 46.0 Å². The van der Waals surface area contributed by atoms with E-state index < -0.39 is 0 Å². The van der Waals surface area contributed by atoms with Crippen LogP contribution >= 0.6 is 27.7 Å². The maximum Gasteiger partial charge on any atom is 0.116 e. The van der Waals surface area contributed by atoms with Crippen molar-refractivity contribution in [3.63, 3.8) is 0 Å². The molecule has 5 heteroatoms. The fraction of sp³-hybridized carbons (Fsp3) is 0.0909. The van der Waals surface area contributed by atoms with Gasteiger partial charge in [-0.05, 0) is 45.9 Å². The minimum absolute atomic E-state index is 0.0133. The highest BCUT2D eigenvalue weighted by atomic mass is 79.9. The molecule has 16 heavy (non-hydrogen) atoms. The Labute approximate surface area is 106 Å². The van der Waals surface area contributed by atoms with E-state index in [0.29, 0.717) is 0 Å². The summed E-state index contributed by atoms with van der Waals surface area (Å²) in [6.45, 7) is -0.0133. The van der Waals surface area contributed by atoms with Crippen molar-refractivity contribution in [1.82, 2.24) is 9.97 Å². The maximum absolute atomic E-state index is 9.18. The van der Waals surface area contributed by atoms with Crippen molar-refractivity contribution in [2.75, 3.05) is 0 Å². The lowest BCUT2D eigenvalue weighted by Gasteiger charge is -2.05. The Morgan fingerprint density at radius 3 is 2.50 bits per heavy atom. The second-order valence-electron chi connectivity index (χ2n) is 3.02. The lowest BCUT2D eigenvalue weighted by atomic mass is 10.3. The minimum atomic E-state index is -0.0133. The molecule has 0 aliphatic heterocycles. The maximum atomic E-state index is 9.18. The van der Waals surface area contributed by atoms with Gasteiger partial charge in [0.05, 0.1) is 11.1 Å². The predicted octanol–water partition coefficient (Wildman–Crippen LogP) is 2.88. The summed E-state index contributed by atoms with van der Waals surface area (Å²) in [5, 5.41) is 10.8. The summed E-state index contributed by atoms with van der Waals surface area (Å²) in [6.07, 6.45) is 3.44. The third-order valence-electron chi connectivity index (χ3n) is 1.94. The van der Waals surface area contributed by atoms with Crippen molar-refractivity contribution in [2.45, 2.75) is 16.7 Å². The molecule has 3 nitrogen and oxygen atoms in total. The van der Waals surface area contributed by atoms with Crippen LogP contribution in [0.3, 0.4) is 0 Å².